The van der Waals surface area contributed by atoms with Gasteiger partial charge in [0.25, 0.3) is 0 Å². The predicted octanol–water partition coefficient (Wildman–Crippen LogP) is 3.56. The van der Waals surface area contributed by atoms with Gasteiger partial charge in [-0.3, -0.25) is 4.79 Å². The third kappa shape index (κ3) is 4.16. The summed E-state index contributed by atoms with van der Waals surface area (Å²) in [5.41, 5.74) is 0.971. The molecule has 1 unspecified atom stereocenters. The summed E-state index contributed by atoms with van der Waals surface area (Å²) in [5.74, 6) is -0.485. The number of ether oxygens (including phenoxy) is 1. The minimum atomic E-state index is -0.274. The Morgan fingerprint density at radius 1 is 1.30 bits per heavy atom. The van der Waals surface area contributed by atoms with E-state index in [1.807, 2.05) is 36.4 Å². The van der Waals surface area contributed by atoms with E-state index in [-0.39, 0.29) is 11.9 Å². The van der Waals surface area contributed by atoms with Gasteiger partial charge in [-0.25, -0.2) is 0 Å². The molecule has 0 amide bonds. The van der Waals surface area contributed by atoms with Crippen molar-refractivity contribution in [3.05, 3.63) is 56.7 Å². The van der Waals surface area contributed by atoms with Crippen molar-refractivity contribution in [1.82, 2.24) is 5.32 Å². The topological polar surface area (TPSA) is 38.3 Å². The molecule has 1 N–H and O–H groups in total. The van der Waals surface area contributed by atoms with Gasteiger partial charge in [-0.1, -0.05) is 30.3 Å². The van der Waals surface area contributed by atoms with E-state index in [0.717, 1.165) is 15.9 Å². The van der Waals surface area contributed by atoms with Crippen molar-refractivity contribution >= 4 is 33.2 Å². The summed E-state index contributed by atoms with van der Waals surface area (Å²) < 4.78 is 6.00. The SMILES string of the molecule is COC(=O)C(CNCc1ccc(Br)s1)c1ccccc1. The van der Waals surface area contributed by atoms with E-state index < -0.39 is 0 Å². The first-order chi connectivity index (χ1) is 9.70. The maximum absolute atomic E-state index is 11.9. The Morgan fingerprint density at radius 3 is 2.65 bits per heavy atom. The van der Waals surface area contributed by atoms with Gasteiger partial charge < -0.3 is 10.1 Å². The van der Waals surface area contributed by atoms with Gasteiger partial charge in [0.05, 0.1) is 16.8 Å². The molecule has 20 heavy (non-hydrogen) atoms. The summed E-state index contributed by atoms with van der Waals surface area (Å²) in [6, 6.07) is 13.8. The van der Waals surface area contributed by atoms with Crippen LogP contribution in [0.25, 0.3) is 0 Å². The van der Waals surface area contributed by atoms with Crippen LogP contribution < -0.4 is 5.32 Å². The minimum Gasteiger partial charge on any atom is -0.469 e. The lowest BCUT2D eigenvalue weighted by Gasteiger charge is -2.15. The molecule has 0 bridgehead atoms. The summed E-state index contributed by atoms with van der Waals surface area (Å²) in [5, 5.41) is 3.32. The lowest BCUT2D eigenvalue weighted by Crippen LogP contribution is -2.27. The van der Waals surface area contributed by atoms with E-state index in [9.17, 15) is 4.79 Å². The van der Waals surface area contributed by atoms with E-state index in [1.54, 1.807) is 11.3 Å². The van der Waals surface area contributed by atoms with E-state index in [0.29, 0.717) is 6.54 Å². The average Bonchev–Trinajstić information content (AvgIpc) is 2.89. The minimum absolute atomic E-state index is 0.212. The highest BCUT2D eigenvalue weighted by molar-refractivity contribution is 9.11. The molecule has 3 nitrogen and oxygen atoms in total. The van der Waals surface area contributed by atoms with Crippen molar-refractivity contribution in [1.29, 1.82) is 0 Å². The molecule has 0 aliphatic carbocycles. The fourth-order valence-electron chi connectivity index (χ4n) is 1.95. The number of methoxy groups -OCH3 is 1. The molecule has 2 aromatic rings. The zero-order valence-corrected chi connectivity index (χ0v) is 13.5. The average molecular weight is 354 g/mol. The number of carbonyl (C=O) groups excluding carboxylic acids is 1. The number of halogens is 1. The van der Waals surface area contributed by atoms with Gasteiger partial charge in [0.15, 0.2) is 0 Å². The van der Waals surface area contributed by atoms with E-state index in [1.165, 1.54) is 12.0 Å². The van der Waals surface area contributed by atoms with E-state index in [4.69, 9.17) is 4.74 Å². The van der Waals surface area contributed by atoms with Crippen LogP contribution in [0.3, 0.4) is 0 Å². The van der Waals surface area contributed by atoms with Crippen LogP contribution in [0.15, 0.2) is 46.3 Å². The van der Waals surface area contributed by atoms with Crippen molar-refractivity contribution in [2.24, 2.45) is 0 Å². The third-order valence-corrected chi connectivity index (χ3v) is 4.59. The molecule has 0 aliphatic heterocycles. The fraction of sp³-hybridized carbons (Fsp3) is 0.267. The second kappa shape index (κ2) is 7.57. The van der Waals surface area contributed by atoms with E-state index in [2.05, 4.69) is 27.3 Å². The Hall–Kier alpha value is -1.17. The Labute approximate surface area is 131 Å². The Balaban J connectivity index is 1.96. The number of esters is 1. The quantitative estimate of drug-likeness (QED) is 0.807. The zero-order valence-electron chi connectivity index (χ0n) is 11.1. The van der Waals surface area contributed by atoms with Crippen molar-refractivity contribution in [3.63, 3.8) is 0 Å². The monoisotopic (exact) mass is 353 g/mol. The molecule has 106 valence electrons. The van der Waals surface area contributed by atoms with Crippen LogP contribution in [-0.2, 0) is 16.1 Å². The molecule has 0 fully saturated rings. The maximum Gasteiger partial charge on any atom is 0.314 e. The Kier molecular flexibility index (Phi) is 5.76. The number of hydrogen-bond acceptors (Lipinski definition) is 4. The molecular formula is C15H16BrNO2S. The van der Waals surface area contributed by atoms with Crippen LogP contribution >= 0.6 is 27.3 Å². The summed E-state index contributed by atoms with van der Waals surface area (Å²) in [6.45, 7) is 1.31. The number of benzene rings is 1. The van der Waals surface area contributed by atoms with Crippen LogP contribution in [0, 0.1) is 0 Å². The van der Waals surface area contributed by atoms with Crippen LogP contribution in [0.4, 0.5) is 0 Å². The standard InChI is InChI=1S/C15H16BrNO2S/c1-19-15(18)13(11-5-3-2-4-6-11)10-17-9-12-7-8-14(16)20-12/h2-8,13,17H,9-10H2,1H3. The largest absolute Gasteiger partial charge is 0.469 e. The lowest BCUT2D eigenvalue weighted by atomic mass is 9.99. The number of rotatable bonds is 6. The van der Waals surface area contributed by atoms with Crippen LogP contribution in [0.1, 0.15) is 16.4 Å². The first-order valence-corrected chi connectivity index (χ1v) is 7.89. The summed E-state index contributed by atoms with van der Waals surface area (Å²) >= 11 is 5.13. The molecule has 0 radical (unpaired) electrons. The molecule has 0 saturated carbocycles. The molecule has 0 spiro atoms. The van der Waals surface area contributed by atoms with E-state index >= 15 is 0 Å². The van der Waals surface area contributed by atoms with Crippen LogP contribution in [-0.4, -0.2) is 19.6 Å². The van der Waals surface area contributed by atoms with Gasteiger partial charge in [-0.15, -0.1) is 11.3 Å². The normalized spacial score (nSPS) is 12.1. The Bertz CT molecular complexity index is 556. The molecule has 5 heteroatoms. The van der Waals surface area contributed by atoms with Crippen molar-refractivity contribution in [2.45, 2.75) is 12.5 Å². The molecular weight excluding hydrogens is 338 g/mol. The van der Waals surface area contributed by atoms with Gasteiger partial charge in [0.1, 0.15) is 0 Å². The first-order valence-electron chi connectivity index (χ1n) is 6.28. The van der Waals surface area contributed by atoms with Crippen molar-refractivity contribution < 1.29 is 9.53 Å². The highest BCUT2D eigenvalue weighted by Gasteiger charge is 2.20. The molecule has 2 rings (SSSR count). The molecule has 0 saturated heterocycles. The molecule has 1 atom stereocenters. The summed E-state index contributed by atoms with van der Waals surface area (Å²) in [6.07, 6.45) is 0. The number of carbonyl (C=O) groups is 1. The van der Waals surface area contributed by atoms with Gasteiger partial charge in [-0.2, -0.15) is 0 Å². The zero-order chi connectivity index (χ0) is 14.4. The second-order valence-corrected chi connectivity index (χ2v) is 6.87. The highest BCUT2D eigenvalue weighted by atomic mass is 79.9. The first kappa shape index (κ1) is 15.2. The smallest absolute Gasteiger partial charge is 0.314 e. The van der Waals surface area contributed by atoms with Crippen LogP contribution in [0.5, 0.6) is 0 Å². The fourth-order valence-corrected chi connectivity index (χ4v) is 3.40. The van der Waals surface area contributed by atoms with Crippen molar-refractivity contribution in [2.75, 3.05) is 13.7 Å². The number of nitrogens with one attached hydrogen (secondary N) is 1. The highest BCUT2D eigenvalue weighted by Crippen LogP contribution is 2.22. The molecule has 1 heterocycles. The number of thiophene rings is 1. The van der Waals surface area contributed by atoms with Crippen LogP contribution in [0.2, 0.25) is 0 Å². The number of hydrogen-bond donors (Lipinski definition) is 1. The summed E-state index contributed by atoms with van der Waals surface area (Å²) in [7, 11) is 1.43. The summed E-state index contributed by atoms with van der Waals surface area (Å²) in [4.78, 5) is 13.1. The van der Waals surface area contributed by atoms with Gasteiger partial charge >= 0.3 is 5.97 Å². The van der Waals surface area contributed by atoms with Gasteiger partial charge in [0, 0.05) is 18.0 Å². The Morgan fingerprint density at radius 2 is 2.05 bits per heavy atom. The second-order valence-electron chi connectivity index (χ2n) is 4.32. The molecule has 0 aliphatic rings. The maximum atomic E-state index is 11.9. The third-order valence-electron chi connectivity index (χ3n) is 2.96. The predicted molar refractivity (Wildman–Crippen MR) is 84.9 cm³/mol. The van der Waals surface area contributed by atoms with Gasteiger partial charge in [0.2, 0.25) is 0 Å². The molecule has 1 aromatic heterocycles. The lowest BCUT2D eigenvalue weighted by molar-refractivity contribution is -0.142. The van der Waals surface area contributed by atoms with Gasteiger partial charge in [-0.05, 0) is 33.6 Å². The molecule has 1 aromatic carbocycles. The van der Waals surface area contributed by atoms with Crippen molar-refractivity contribution in [3.8, 4) is 0 Å².